The number of anilines is 1. The summed E-state index contributed by atoms with van der Waals surface area (Å²) in [4.78, 5) is 18.1. The van der Waals surface area contributed by atoms with Crippen molar-refractivity contribution in [3.63, 3.8) is 0 Å². The smallest absolute Gasteiger partial charge is 0.316 e. The Balaban J connectivity index is 2.17. The number of sulfone groups is 1. The number of aromatic nitrogens is 2. The molecular weight excluding hydrogens is 296 g/mol. The van der Waals surface area contributed by atoms with E-state index in [-0.39, 0.29) is 11.0 Å². The highest BCUT2D eigenvalue weighted by Gasteiger charge is 2.12. The third kappa shape index (κ3) is 4.14. The van der Waals surface area contributed by atoms with Crippen molar-refractivity contribution in [2.24, 2.45) is 5.73 Å². The molecule has 1 heterocycles. The van der Waals surface area contributed by atoms with Gasteiger partial charge in [-0.1, -0.05) is 0 Å². The molecule has 0 aliphatic carbocycles. The number of nitrogens with one attached hydrogen (secondary N) is 1. The molecule has 21 heavy (non-hydrogen) atoms. The molecular formula is C12H12N4O4S. The number of hydrogen-bond donors (Lipinski definition) is 2. The normalized spacial score (nSPS) is 10.9. The number of nitrogens with two attached hydrogens (primary N) is 1. The summed E-state index contributed by atoms with van der Waals surface area (Å²) >= 11 is 0. The Morgan fingerprint density at radius 1 is 1.24 bits per heavy atom. The maximum Gasteiger partial charge on any atom is 0.316 e. The van der Waals surface area contributed by atoms with E-state index in [1.165, 1.54) is 12.3 Å². The molecule has 0 aliphatic rings. The summed E-state index contributed by atoms with van der Waals surface area (Å²) in [5.74, 6) is 0.518. The van der Waals surface area contributed by atoms with Gasteiger partial charge in [-0.2, -0.15) is 4.98 Å². The van der Waals surface area contributed by atoms with Crippen LogP contribution in [0.1, 0.15) is 0 Å². The van der Waals surface area contributed by atoms with Gasteiger partial charge in [0.25, 0.3) is 0 Å². The van der Waals surface area contributed by atoms with Gasteiger partial charge in [-0.25, -0.2) is 18.2 Å². The molecule has 1 aromatic carbocycles. The molecule has 8 nitrogen and oxygen atoms in total. The Morgan fingerprint density at radius 2 is 1.90 bits per heavy atom. The second-order valence-corrected chi connectivity index (χ2v) is 5.97. The molecule has 0 unspecified atom stereocenters. The van der Waals surface area contributed by atoms with Crippen LogP contribution in [0, 0.1) is 0 Å². The average molecular weight is 308 g/mol. The molecule has 0 bridgehead atoms. The summed E-state index contributed by atoms with van der Waals surface area (Å²) in [5.41, 5.74) is 5.50. The number of primary amides is 1. The third-order valence-electron chi connectivity index (χ3n) is 2.28. The second-order valence-electron chi connectivity index (χ2n) is 4.07. The number of rotatable bonds is 4. The molecule has 0 radical (unpaired) electrons. The van der Waals surface area contributed by atoms with E-state index in [4.69, 9.17) is 10.5 Å². The SMILES string of the molecule is CS(=O)(=O)c1nccc(Oc2ccc(NC(N)=O)cc2)n1. The highest BCUT2D eigenvalue weighted by molar-refractivity contribution is 7.90. The molecule has 2 rings (SSSR count). The van der Waals surface area contributed by atoms with Crippen molar-refractivity contribution in [1.29, 1.82) is 0 Å². The Hall–Kier alpha value is -2.68. The Kier molecular flexibility index (Phi) is 4.03. The Labute approximate surface area is 120 Å². The van der Waals surface area contributed by atoms with Crippen LogP contribution in [-0.2, 0) is 9.84 Å². The van der Waals surface area contributed by atoms with Crippen LogP contribution in [0.5, 0.6) is 11.6 Å². The van der Waals surface area contributed by atoms with Crippen molar-refractivity contribution in [3.8, 4) is 11.6 Å². The van der Waals surface area contributed by atoms with Gasteiger partial charge in [-0.3, -0.25) is 0 Å². The summed E-state index contributed by atoms with van der Waals surface area (Å²) in [6.45, 7) is 0. The lowest BCUT2D eigenvalue weighted by Crippen LogP contribution is -2.19. The lowest BCUT2D eigenvalue weighted by Gasteiger charge is -2.06. The summed E-state index contributed by atoms with van der Waals surface area (Å²) in [6, 6.07) is 7.08. The van der Waals surface area contributed by atoms with Crippen LogP contribution in [0.15, 0.2) is 41.7 Å². The highest BCUT2D eigenvalue weighted by atomic mass is 32.2. The molecule has 0 fully saturated rings. The van der Waals surface area contributed by atoms with Crippen molar-refractivity contribution < 1.29 is 17.9 Å². The topological polar surface area (TPSA) is 124 Å². The van der Waals surface area contributed by atoms with Gasteiger partial charge in [0.2, 0.25) is 20.9 Å². The maximum absolute atomic E-state index is 11.4. The van der Waals surface area contributed by atoms with Gasteiger partial charge in [0.1, 0.15) is 5.75 Å². The summed E-state index contributed by atoms with van der Waals surface area (Å²) in [7, 11) is -3.50. The number of amides is 2. The van der Waals surface area contributed by atoms with Gasteiger partial charge in [-0.05, 0) is 24.3 Å². The average Bonchev–Trinajstić information content (AvgIpc) is 2.40. The zero-order valence-electron chi connectivity index (χ0n) is 11.0. The van der Waals surface area contributed by atoms with Gasteiger partial charge in [0, 0.05) is 24.2 Å². The van der Waals surface area contributed by atoms with E-state index < -0.39 is 15.9 Å². The van der Waals surface area contributed by atoms with E-state index in [0.717, 1.165) is 6.26 Å². The van der Waals surface area contributed by atoms with Crippen molar-refractivity contribution in [2.45, 2.75) is 5.16 Å². The minimum Gasteiger partial charge on any atom is -0.439 e. The molecule has 0 saturated carbocycles. The van der Waals surface area contributed by atoms with Gasteiger partial charge in [-0.15, -0.1) is 0 Å². The number of ether oxygens (including phenoxy) is 1. The first-order valence-electron chi connectivity index (χ1n) is 5.72. The van der Waals surface area contributed by atoms with Crippen molar-refractivity contribution >= 4 is 21.6 Å². The molecule has 2 aromatic rings. The van der Waals surface area contributed by atoms with Crippen LogP contribution in [0.3, 0.4) is 0 Å². The molecule has 0 atom stereocenters. The third-order valence-corrected chi connectivity index (χ3v) is 3.14. The quantitative estimate of drug-likeness (QED) is 0.817. The highest BCUT2D eigenvalue weighted by Crippen LogP contribution is 2.21. The molecule has 9 heteroatoms. The fraction of sp³-hybridized carbons (Fsp3) is 0.0833. The zero-order valence-corrected chi connectivity index (χ0v) is 11.8. The fourth-order valence-electron chi connectivity index (χ4n) is 1.43. The predicted octanol–water partition coefficient (Wildman–Crippen LogP) is 1.16. The zero-order chi connectivity index (χ0) is 15.5. The number of benzene rings is 1. The number of carbonyl (C=O) groups excluding carboxylic acids is 1. The second kappa shape index (κ2) is 5.75. The molecule has 0 aliphatic heterocycles. The van der Waals surface area contributed by atoms with E-state index in [9.17, 15) is 13.2 Å². The van der Waals surface area contributed by atoms with Crippen LogP contribution in [-0.4, -0.2) is 30.7 Å². The monoisotopic (exact) mass is 308 g/mol. The minimum absolute atomic E-state index is 0.0982. The van der Waals surface area contributed by atoms with E-state index in [1.807, 2.05) is 0 Å². The molecule has 3 N–H and O–H groups in total. The van der Waals surface area contributed by atoms with Crippen LogP contribution >= 0.6 is 0 Å². The summed E-state index contributed by atoms with van der Waals surface area (Å²) in [6.07, 6.45) is 2.30. The van der Waals surface area contributed by atoms with Crippen molar-refractivity contribution in [2.75, 3.05) is 11.6 Å². The maximum atomic E-state index is 11.4. The first-order valence-corrected chi connectivity index (χ1v) is 7.61. The van der Waals surface area contributed by atoms with Crippen LogP contribution < -0.4 is 15.8 Å². The molecule has 1 aromatic heterocycles. The van der Waals surface area contributed by atoms with Crippen molar-refractivity contribution in [3.05, 3.63) is 36.5 Å². The lowest BCUT2D eigenvalue weighted by atomic mass is 10.3. The first-order chi connectivity index (χ1) is 9.84. The fourth-order valence-corrected chi connectivity index (χ4v) is 1.94. The van der Waals surface area contributed by atoms with E-state index in [1.54, 1.807) is 24.3 Å². The summed E-state index contributed by atoms with van der Waals surface area (Å²) in [5, 5.41) is 2.09. The van der Waals surface area contributed by atoms with Crippen LogP contribution in [0.25, 0.3) is 0 Å². The number of urea groups is 1. The van der Waals surface area contributed by atoms with Gasteiger partial charge >= 0.3 is 6.03 Å². The largest absolute Gasteiger partial charge is 0.439 e. The molecule has 0 saturated heterocycles. The number of carbonyl (C=O) groups is 1. The van der Waals surface area contributed by atoms with Crippen molar-refractivity contribution in [1.82, 2.24) is 9.97 Å². The van der Waals surface area contributed by atoms with Gasteiger partial charge in [0.05, 0.1) is 0 Å². The van der Waals surface area contributed by atoms with E-state index in [2.05, 4.69) is 15.3 Å². The van der Waals surface area contributed by atoms with E-state index in [0.29, 0.717) is 11.4 Å². The Bertz CT molecular complexity index is 759. The standard InChI is InChI=1S/C12H12N4O4S/c1-21(18,19)12-14-7-6-10(16-12)20-9-4-2-8(3-5-9)15-11(13)17/h2-7H,1H3,(H3,13,15,17). The molecule has 0 spiro atoms. The number of hydrogen-bond acceptors (Lipinski definition) is 6. The summed E-state index contributed by atoms with van der Waals surface area (Å²) < 4.78 is 28.1. The Morgan fingerprint density at radius 3 is 2.48 bits per heavy atom. The lowest BCUT2D eigenvalue weighted by molar-refractivity contribution is 0.259. The minimum atomic E-state index is -3.50. The van der Waals surface area contributed by atoms with Crippen LogP contribution in [0.2, 0.25) is 0 Å². The van der Waals surface area contributed by atoms with E-state index >= 15 is 0 Å². The number of nitrogens with zero attached hydrogens (tertiary/aromatic N) is 2. The van der Waals surface area contributed by atoms with Crippen LogP contribution in [0.4, 0.5) is 10.5 Å². The predicted molar refractivity (Wildman–Crippen MR) is 74.9 cm³/mol. The van der Waals surface area contributed by atoms with Gasteiger partial charge < -0.3 is 15.8 Å². The molecule has 2 amide bonds. The van der Waals surface area contributed by atoms with Gasteiger partial charge in [0.15, 0.2) is 0 Å². The first kappa shape index (κ1) is 14.7. The molecule has 110 valence electrons.